The zero-order valence-corrected chi connectivity index (χ0v) is 86.3. The molecule has 834 valence electrons. The van der Waals surface area contributed by atoms with Crippen molar-refractivity contribution in [1.29, 1.82) is 0 Å². The number of nitrogens with two attached hydrogens (primary N) is 7. The van der Waals surface area contributed by atoms with Crippen molar-refractivity contribution in [2.45, 2.75) is 327 Å². The van der Waals surface area contributed by atoms with Gasteiger partial charge in [-0.2, -0.15) is 12.6 Å². The number of unbranched alkanes of at least 4 members (excludes halogenated alkanes) is 2. The first kappa shape index (κ1) is 134. The van der Waals surface area contributed by atoms with Crippen LogP contribution >= 0.6 is 12.6 Å². The summed E-state index contributed by atoms with van der Waals surface area (Å²) in [7, 11) is 0. The number of rotatable bonds is 74. The van der Waals surface area contributed by atoms with Crippen LogP contribution in [-0.4, -0.2) is 345 Å². The second-order valence-electron chi connectivity index (χ2n) is 37.5. The predicted molar refractivity (Wildman–Crippen MR) is 526 cm³/mol. The molecule has 0 aliphatic rings. The van der Waals surface area contributed by atoms with Crippen LogP contribution in [0.15, 0.2) is 0 Å². The van der Waals surface area contributed by atoms with Crippen molar-refractivity contribution in [1.82, 2.24) is 101 Å². The summed E-state index contributed by atoms with van der Waals surface area (Å²) in [5.74, 6) is -33.8. The van der Waals surface area contributed by atoms with E-state index in [4.69, 9.17) is 40.1 Å². The van der Waals surface area contributed by atoms with Crippen molar-refractivity contribution in [2.24, 2.45) is 75.6 Å². The van der Waals surface area contributed by atoms with Crippen molar-refractivity contribution < 1.29 is 151 Å². The Labute approximate surface area is 856 Å². The molecule has 0 aliphatic carbocycles. The number of hydrogen-bond donors (Lipinski definition) is 33. The fourth-order valence-electron chi connectivity index (χ4n) is 14.0. The van der Waals surface area contributed by atoms with E-state index >= 15 is 0 Å². The normalized spacial score (nSPS) is 15.6. The molecular formula is C89H156N26O31S. The SMILES string of the molecule is CC[C@H](C)[C@H](NC(=O)[C@@H](NC(=O)[C@H](CCC(N)=O)NC(=O)[C@H](CC(N)=O)NC(=O)[C@H](CO)NC(=O)[C@H](CS)NC(=O)[C@H](CC(=O)O)NC(=O)[C@H](CC(N)=O)NC(=O)[C@H](CC(C)C)NC(=O)[C@H](CO)NC(=O)[C@H](CC(N)=O)NC(=O)[C@H](CCCCN)NC(=O)[C@H](CC(C)C)NC(=O)[C@H](CO)NC(=O)[C@@H](N)CC(C)C)C(C)C)C(=O)N[C@@H](CC(C)C)C(=O)N[C@@H](C)C(=O)N[C@@H](CCCCN)C(=O)N[C@@H](C)C(=O)N[C@@H](CO)C(=O)O. The largest absolute Gasteiger partial charge is 0.481 e. The lowest BCUT2D eigenvalue weighted by molar-refractivity contribution is -0.143. The van der Waals surface area contributed by atoms with Gasteiger partial charge in [0.25, 0.3) is 0 Å². The minimum Gasteiger partial charge on any atom is -0.481 e. The smallest absolute Gasteiger partial charge is 0.328 e. The van der Waals surface area contributed by atoms with Gasteiger partial charge < -0.3 is 172 Å². The maximum atomic E-state index is 14.5. The molecule has 0 saturated carbocycles. The van der Waals surface area contributed by atoms with Crippen molar-refractivity contribution in [3.63, 3.8) is 0 Å². The van der Waals surface area contributed by atoms with Gasteiger partial charge in [-0.3, -0.25) is 115 Å². The first-order valence-electron chi connectivity index (χ1n) is 48.2. The van der Waals surface area contributed by atoms with E-state index in [9.17, 15) is 151 Å². The van der Waals surface area contributed by atoms with E-state index in [2.05, 4.69) is 103 Å². The third-order valence-corrected chi connectivity index (χ3v) is 22.6. The molecule has 0 unspecified atom stereocenters. The number of nitrogens with one attached hydrogen (secondary N) is 19. The maximum Gasteiger partial charge on any atom is 0.328 e. The quantitative estimate of drug-likeness (QED) is 0.0199. The number of thiol groups is 1. The number of hydrogen-bond acceptors (Lipinski definition) is 33. The minimum atomic E-state index is -2.27. The molecule has 0 aromatic rings. The van der Waals surface area contributed by atoms with E-state index in [1.807, 2.05) is 10.6 Å². The molecule has 0 bridgehead atoms. The average Bonchev–Trinajstić information content (AvgIpc) is 0.819. The van der Waals surface area contributed by atoms with E-state index < -0.39 is 357 Å². The van der Waals surface area contributed by atoms with E-state index in [1.165, 1.54) is 41.5 Å². The first-order valence-corrected chi connectivity index (χ1v) is 48.8. The highest BCUT2D eigenvalue weighted by Gasteiger charge is 2.43. The number of carboxylic acid groups (broad SMARTS) is 2. The third kappa shape index (κ3) is 51.6. The lowest BCUT2D eigenvalue weighted by Crippen LogP contribution is -2.62. The molecule has 0 fully saturated rings. The Balaban J connectivity index is 7.01. The Morgan fingerprint density at radius 3 is 0.830 bits per heavy atom. The van der Waals surface area contributed by atoms with E-state index in [0.717, 1.165) is 0 Å². The predicted octanol–water partition coefficient (Wildman–Crippen LogP) is -12.9. The highest BCUT2D eigenvalue weighted by Crippen LogP contribution is 2.18. The van der Waals surface area contributed by atoms with Crippen molar-refractivity contribution in [3.05, 3.63) is 0 Å². The van der Waals surface area contributed by atoms with Crippen LogP contribution in [0, 0.1) is 35.5 Å². The fraction of sp³-hybridized carbons (Fsp3) is 0.719. The van der Waals surface area contributed by atoms with Crippen LogP contribution in [0.5, 0.6) is 0 Å². The number of carbonyl (C=O) groups excluding carboxylic acids is 23. The van der Waals surface area contributed by atoms with Gasteiger partial charge in [0, 0.05) is 12.2 Å². The van der Waals surface area contributed by atoms with E-state index in [1.54, 1.807) is 55.4 Å². The lowest BCUT2D eigenvalue weighted by Gasteiger charge is -2.31. The molecule has 0 saturated heterocycles. The molecule has 23 amide bonds. The van der Waals surface area contributed by atoms with Crippen molar-refractivity contribution >= 4 is 160 Å². The summed E-state index contributed by atoms with van der Waals surface area (Å²) in [6, 6.07) is -34.3. The summed E-state index contributed by atoms with van der Waals surface area (Å²) in [5.41, 5.74) is 39.2. The average molecular weight is 2120 g/mol. The third-order valence-electron chi connectivity index (χ3n) is 22.3. The number of aliphatic carboxylic acids is 2. The zero-order valence-electron chi connectivity index (χ0n) is 85.4. The minimum absolute atomic E-state index is 0.0172. The number of primary amides is 4. The molecule has 0 aliphatic heterocycles. The van der Waals surface area contributed by atoms with Crippen LogP contribution in [0.2, 0.25) is 0 Å². The Kier molecular flexibility index (Phi) is 62.9. The van der Waals surface area contributed by atoms with Gasteiger partial charge >= 0.3 is 11.9 Å². The van der Waals surface area contributed by atoms with Gasteiger partial charge in [0.15, 0.2) is 0 Å². The summed E-state index contributed by atoms with van der Waals surface area (Å²) in [4.78, 5) is 338. The van der Waals surface area contributed by atoms with Crippen LogP contribution in [0.3, 0.4) is 0 Å². The second-order valence-corrected chi connectivity index (χ2v) is 37.9. The van der Waals surface area contributed by atoms with E-state index in [0.29, 0.717) is 12.8 Å². The number of aliphatic hydroxyl groups is 4. The molecule has 39 N–H and O–H groups in total. The van der Waals surface area contributed by atoms with Gasteiger partial charge in [0.05, 0.1) is 58.2 Å². The first-order chi connectivity index (χ1) is 68.6. The molecule has 0 rings (SSSR count). The highest BCUT2D eigenvalue weighted by molar-refractivity contribution is 7.80. The van der Waals surface area contributed by atoms with Gasteiger partial charge in [-0.15, -0.1) is 0 Å². The standard InChI is InChI=1S/C89H156N26O31S/c1-15-44(12)69(88(144)108-51(27-40(4)5)76(132)98-45(13)70(126)99-48(20-16-18-24-90)73(129)97-46(14)71(127)112-61(37-119)89(145)146)115-87(143)68(43(10)11)114-75(131)50(22-23-63(93)120)101-79(135)54(30-64(94)121)106-85(141)60(36-118)111-86(142)62(38-147)113-82(138)57(33-67(124)125)107-80(136)55(31-65(95)122)105-78(134)53(29-42(8)9)103-84(140)59(35-117)110-81(137)56(32-66(96)123)104-74(130)49(21-17-19-25-91)100-77(133)52(28-41(6)7)102-83(139)58(34-116)109-72(128)47(92)26-39(2)3/h39-62,68-69,116-119,147H,15-38,90-92H2,1-14H3,(H2,93,120)(H2,94,121)(H2,95,122)(H2,96,123)(H,97,129)(H,98,132)(H,99,126)(H,100,133)(H,101,135)(H,102,139)(H,103,140)(H,104,130)(H,105,134)(H,106,141)(H,107,136)(H,108,144)(H,109,128)(H,110,137)(H,111,142)(H,112,127)(H,113,138)(H,114,131)(H,115,143)(H,124,125)(H,145,146)/t44-,45-,46-,47-,48-,49-,50-,51-,52-,53-,54-,55-,56-,57-,58-,59-,60-,61-,62-,68-,69-/m0/s1. The van der Waals surface area contributed by atoms with Crippen LogP contribution in [-0.2, 0) is 120 Å². The van der Waals surface area contributed by atoms with Crippen LogP contribution in [0.4, 0.5) is 0 Å². The summed E-state index contributed by atoms with van der Waals surface area (Å²) in [6.07, 6.45) is -4.94. The number of aliphatic hydroxyl groups excluding tert-OH is 4. The van der Waals surface area contributed by atoms with Gasteiger partial charge in [0.1, 0.15) is 115 Å². The summed E-state index contributed by atoms with van der Waals surface area (Å²) < 4.78 is 0. The monoisotopic (exact) mass is 2120 g/mol. The summed E-state index contributed by atoms with van der Waals surface area (Å²) >= 11 is 4.07. The molecule has 57 nitrogen and oxygen atoms in total. The molecule has 0 aromatic heterocycles. The second kappa shape index (κ2) is 69.1. The Morgan fingerprint density at radius 1 is 0.265 bits per heavy atom. The number of carbonyl (C=O) groups is 25. The Bertz CT molecular complexity index is 4480. The molecule has 21 atom stereocenters. The topological polar surface area (TPSA) is 959 Å². The van der Waals surface area contributed by atoms with Crippen LogP contribution in [0.25, 0.3) is 0 Å². The molecule has 147 heavy (non-hydrogen) atoms. The Hall–Kier alpha value is -13.2. The van der Waals surface area contributed by atoms with Gasteiger partial charge in [-0.25, -0.2) is 4.79 Å². The highest BCUT2D eigenvalue weighted by atomic mass is 32.1. The summed E-state index contributed by atoms with van der Waals surface area (Å²) in [6.45, 7) is 17.9. The lowest BCUT2D eigenvalue weighted by atomic mass is 9.95. The molecule has 0 heterocycles. The molecule has 0 radical (unpaired) electrons. The van der Waals surface area contributed by atoms with Gasteiger partial charge in [-0.05, 0) is 133 Å². The molecular weight excluding hydrogens is 1960 g/mol. The molecule has 0 spiro atoms. The summed E-state index contributed by atoms with van der Waals surface area (Å²) in [5, 5.41) is 103. The fourth-order valence-corrected chi connectivity index (χ4v) is 14.3. The van der Waals surface area contributed by atoms with Crippen molar-refractivity contribution in [2.75, 3.05) is 45.3 Å². The van der Waals surface area contributed by atoms with Crippen molar-refractivity contribution in [3.8, 4) is 0 Å². The van der Waals surface area contributed by atoms with Gasteiger partial charge in [0.2, 0.25) is 136 Å². The van der Waals surface area contributed by atoms with Crippen LogP contribution in [0.1, 0.15) is 206 Å². The molecule has 0 aromatic carbocycles. The number of amides is 23. The maximum absolute atomic E-state index is 14.5. The zero-order chi connectivity index (χ0) is 113. The number of carboxylic acids is 2. The van der Waals surface area contributed by atoms with Crippen LogP contribution < -0.4 is 141 Å². The molecule has 58 heteroatoms. The van der Waals surface area contributed by atoms with Gasteiger partial charge in [-0.1, -0.05) is 89.5 Å². The van der Waals surface area contributed by atoms with E-state index in [-0.39, 0.29) is 88.6 Å². The Morgan fingerprint density at radius 2 is 0.517 bits per heavy atom.